The molecule has 0 spiro atoms. The van der Waals surface area contributed by atoms with E-state index >= 15 is 0 Å². The Bertz CT molecular complexity index is 759. The quantitative estimate of drug-likeness (QED) is 0.648. The first-order valence-electron chi connectivity index (χ1n) is 5.63. The van der Waals surface area contributed by atoms with Crippen molar-refractivity contribution in [3.05, 3.63) is 70.1 Å². The molecule has 0 radical (unpaired) electrons. The summed E-state index contributed by atoms with van der Waals surface area (Å²) in [6.07, 6.45) is 0. The highest BCUT2D eigenvalue weighted by atomic mass is 79.9. The van der Waals surface area contributed by atoms with Gasteiger partial charge in [-0.15, -0.1) is 0 Å². The minimum atomic E-state index is -0.370. The summed E-state index contributed by atoms with van der Waals surface area (Å²) in [6.45, 7) is 0. The van der Waals surface area contributed by atoms with Gasteiger partial charge < -0.3 is 4.42 Å². The van der Waals surface area contributed by atoms with Crippen LogP contribution in [0, 0.1) is 5.82 Å². The molecule has 0 saturated heterocycles. The molecule has 1 aromatic heterocycles. The maximum absolute atomic E-state index is 12.8. The Balaban J connectivity index is 2.04. The molecule has 3 rings (SSSR count). The van der Waals surface area contributed by atoms with E-state index in [1.165, 1.54) is 24.3 Å². The van der Waals surface area contributed by atoms with E-state index in [9.17, 15) is 9.18 Å². The highest BCUT2D eigenvalue weighted by Crippen LogP contribution is 2.24. The minimum absolute atomic E-state index is 0.250. The van der Waals surface area contributed by atoms with E-state index < -0.39 is 0 Å². The van der Waals surface area contributed by atoms with E-state index in [4.69, 9.17) is 4.42 Å². The molecule has 3 aromatic rings. The molecule has 0 aliphatic rings. The number of carbonyl (C=O) groups excluding carboxylic acids is 1. The van der Waals surface area contributed by atoms with Crippen LogP contribution >= 0.6 is 15.9 Å². The summed E-state index contributed by atoms with van der Waals surface area (Å²) in [5.41, 5.74) is 1.05. The first kappa shape index (κ1) is 12.1. The largest absolute Gasteiger partial charge is 0.453 e. The van der Waals surface area contributed by atoms with Gasteiger partial charge in [0.1, 0.15) is 11.4 Å². The third-order valence-electron chi connectivity index (χ3n) is 2.81. The summed E-state index contributed by atoms with van der Waals surface area (Å²) in [5, 5.41) is 0.847. The van der Waals surface area contributed by atoms with E-state index in [2.05, 4.69) is 15.9 Å². The minimum Gasteiger partial charge on any atom is -0.453 e. The fraction of sp³-hybridized carbons (Fsp3) is 0. The molecule has 1 heterocycles. The maximum Gasteiger partial charge on any atom is 0.228 e. The highest BCUT2D eigenvalue weighted by Gasteiger charge is 2.14. The molecular formula is C15H8BrFO2. The number of ketones is 1. The molecule has 2 nitrogen and oxygen atoms in total. The second-order valence-electron chi connectivity index (χ2n) is 4.13. The Morgan fingerprint density at radius 1 is 1.05 bits per heavy atom. The zero-order valence-corrected chi connectivity index (χ0v) is 11.3. The lowest BCUT2D eigenvalue weighted by Gasteiger charge is -1.96. The van der Waals surface area contributed by atoms with Gasteiger partial charge in [-0.05, 0) is 48.5 Å². The molecule has 0 amide bonds. The second-order valence-corrected chi connectivity index (χ2v) is 5.04. The predicted octanol–water partition coefficient (Wildman–Crippen LogP) is 4.57. The van der Waals surface area contributed by atoms with Crippen molar-refractivity contribution in [3.63, 3.8) is 0 Å². The normalized spacial score (nSPS) is 10.8. The van der Waals surface area contributed by atoms with Gasteiger partial charge in [0, 0.05) is 15.4 Å². The van der Waals surface area contributed by atoms with E-state index in [1.54, 1.807) is 12.1 Å². The van der Waals surface area contributed by atoms with Gasteiger partial charge in [-0.25, -0.2) is 4.39 Å². The van der Waals surface area contributed by atoms with Crippen molar-refractivity contribution < 1.29 is 13.6 Å². The number of rotatable bonds is 2. The topological polar surface area (TPSA) is 30.2 Å². The van der Waals surface area contributed by atoms with Crippen molar-refractivity contribution in [1.82, 2.24) is 0 Å². The van der Waals surface area contributed by atoms with Gasteiger partial charge in [0.2, 0.25) is 5.78 Å². The average Bonchev–Trinajstić information content (AvgIpc) is 2.81. The van der Waals surface area contributed by atoms with Crippen LogP contribution in [0.15, 0.2) is 57.4 Å². The molecule has 0 N–H and O–H groups in total. The third-order valence-corrected chi connectivity index (χ3v) is 3.30. The molecule has 0 aliphatic heterocycles. The smallest absolute Gasteiger partial charge is 0.228 e. The van der Waals surface area contributed by atoms with Crippen LogP contribution in [0.1, 0.15) is 16.1 Å². The fourth-order valence-corrected chi connectivity index (χ4v) is 2.25. The molecule has 0 saturated carbocycles. The van der Waals surface area contributed by atoms with Crippen LogP contribution in [0.2, 0.25) is 0 Å². The Morgan fingerprint density at radius 2 is 1.79 bits per heavy atom. The van der Waals surface area contributed by atoms with Crippen LogP contribution in [0.25, 0.3) is 11.0 Å². The predicted molar refractivity (Wildman–Crippen MR) is 73.7 cm³/mol. The molecule has 0 fully saturated rings. The summed E-state index contributed by atoms with van der Waals surface area (Å²) < 4.78 is 19.2. The van der Waals surface area contributed by atoms with Crippen LogP contribution in [0.4, 0.5) is 4.39 Å². The van der Waals surface area contributed by atoms with Crippen molar-refractivity contribution in [2.75, 3.05) is 0 Å². The van der Waals surface area contributed by atoms with Crippen molar-refractivity contribution in [1.29, 1.82) is 0 Å². The number of halogens is 2. The summed E-state index contributed by atoms with van der Waals surface area (Å²) in [5.74, 6) is -0.378. The van der Waals surface area contributed by atoms with Gasteiger partial charge in [-0.3, -0.25) is 4.79 Å². The molecule has 94 valence electrons. The second kappa shape index (κ2) is 4.63. The lowest BCUT2D eigenvalue weighted by molar-refractivity contribution is 0.101. The van der Waals surface area contributed by atoms with Crippen LogP contribution in [0.3, 0.4) is 0 Å². The molecule has 0 atom stereocenters. The first-order valence-corrected chi connectivity index (χ1v) is 6.42. The van der Waals surface area contributed by atoms with Crippen molar-refractivity contribution in [2.24, 2.45) is 0 Å². The van der Waals surface area contributed by atoms with Crippen molar-refractivity contribution >= 4 is 32.7 Å². The number of benzene rings is 2. The summed E-state index contributed by atoms with van der Waals surface area (Å²) >= 11 is 3.36. The fourth-order valence-electron chi connectivity index (χ4n) is 1.87. The van der Waals surface area contributed by atoms with Crippen LogP contribution < -0.4 is 0 Å². The van der Waals surface area contributed by atoms with Gasteiger partial charge in [-0.2, -0.15) is 0 Å². The lowest BCUT2D eigenvalue weighted by atomic mass is 10.1. The summed E-state index contributed by atoms with van der Waals surface area (Å²) in [7, 11) is 0. The Morgan fingerprint density at radius 3 is 2.53 bits per heavy atom. The van der Waals surface area contributed by atoms with Gasteiger partial charge in [-0.1, -0.05) is 15.9 Å². The van der Waals surface area contributed by atoms with Gasteiger partial charge in [0.05, 0.1) is 0 Å². The van der Waals surface area contributed by atoms with E-state index in [0.717, 1.165) is 9.86 Å². The standard InChI is InChI=1S/C15H8BrFO2/c16-11-3-6-13-10(7-11)8-14(19-13)15(18)9-1-4-12(17)5-2-9/h1-8H. The average molecular weight is 319 g/mol. The SMILES string of the molecule is O=C(c1ccc(F)cc1)c1cc2cc(Br)ccc2o1. The zero-order chi connectivity index (χ0) is 13.4. The van der Waals surface area contributed by atoms with Crippen LogP contribution in [-0.2, 0) is 0 Å². The molecule has 2 aromatic carbocycles. The molecule has 0 bridgehead atoms. The zero-order valence-electron chi connectivity index (χ0n) is 9.69. The lowest BCUT2D eigenvalue weighted by Crippen LogP contribution is -1.99. The number of fused-ring (bicyclic) bond motifs is 1. The van der Waals surface area contributed by atoms with Gasteiger partial charge >= 0.3 is 0 Å². The van der Waals surface area contributed by atoms with Gasteiger partial charge in [0.25, 0.3) is 0 Å². The third kappa shape index (κ3) is 2.31. The van der Waals surface area contributed by atoms with Crippen molar-refractivity contribution in [3.8, 4) is 0 Å². The molecular weight excluding hydrogens is 311 g/mol. The maximum atomic E-state index is 12.8. The molecule has 4 heteroatoms. The van der Waals surface area contributed by atoms with E-state index in [-0.39, 0.29) is 17.4 Å². The first-order chi connectivity index (χ1) is 9.13. The van der Waals surface area contributed by atoms with Crippen LogP contribution in [0.5, 0.6) is 0 Å². The molecule has 0 aliphatic carbocycles. The van der Waals surface area contributed by atoms with Crippen molar-refractivity contribution in [2.45, 2.75) is 0 Å². The van der Waals surface area contributed by atoms with E-state index in [0.29, 0.717) is 11.1 Å². The molecule has 0 unspecified atom stereocenters. The summed E-state index contributed by atoms with van der Waals surface area (Å²) in [4.78, 5) is 12.2. The Labute approximate surface area is 117 Å². The number of carbonyl (C=O) groups is 1. The van der Waals surface area contributed by atoms with Gasteiger partial charge in [0.15, 0.2) is 5.76 Å². The highest BCUT2D eigenvalue weighted by molar-refractivity contribution is 9.10. The Kier molecular flexibility index (Phi) is 2.95. The number of hydrogen-bond donors (Lipinski definition) is 0. The number of furan rings is 1. The Hall–Kier alpha value is -1.94. The molecule has 19 heavy (non-hydrogen) atoms. The monoisotopic (exact) mass is 318 g/mol. The van der Waals surface area contributed by atoms with Crippen LogP contribution in [-0.4, -0.2) is 5.78 Å². The number of hydrogen-bond acceptors (Lipinski definition) is 2. The van der Waals surface area contributed by atoms with E-state index in [1.807, 2.05) is 12.1 Å². The summed E-state index contributed by atoms with van der Waals surface area (Å²) in [6, 6.07) is 12.6.